The normalized spacial score (nSPS) is 18.7. The molecule has 2 aromatic carbocycles. The van der Waals surface area contributed by atoms with Gasteiger partial charge in [0.2, 0.25) is 0 Å². The van der Waals surface area contributed by atoms with Crippen LogP contribution in [0.25, 0.3) is 22.2 Å². The first-order valence-electron chi connectivity index (χ1n) is 11.1. The van der Waals surface area contributed by atoms with Crippen LogP contribution in [-0.2, 0) is 18.2 Å². The number of aliphatic hydroxyl groups excluding tert-OH is 1. The van der Waals surface area contributed by atoms with Crippen molar-refractivity contribution in [2.45, 2.75) is 38.8 Å². The zero-order valence-corrected chi connectivity index (χ0v) is 19.0. The maximum atomic E-state index is 13.4. The standard InChI is InChI=1S/C25H27N5O3/c1-15-16(2)24-20(25(32)30(14-26-24)22-8-9-33-13-23(22)31)11-19(15)10-17-4-6-18(7-5-17)21-12-29(3)28-27-21/h4-7,11-12,14,22-23,31H,8-10,13H2,1-3H3/t22-,23-/m0/s1. The van der Waals surface area contributed by atoms with E-state index in [2.05, 4.69) is 34.4 Å². The fraction of sp³-hybridized carbons (Fsp3) is 0.360. The number of benzene rings is 2. The lowest BCUT2D eigenvalue weighted by molar-refractivity contribution is -0.0395. The number of rotatable bonds is 4. The SMILES string of the molecule is Cc1c(Cc2ccc(-c3cn(C)nn3)cc2)cc2c(=O)n([C@H]3CCOC[C@@H]3O)cnc2c1C. The minimum Gasteiger partial charge on any atom is -0.389 e. The second kappa shape index (κ2) is 8.53. The van der Waals surface area contributed by atoms with Gasteiger partial charge in [-0.3, -0.25) is 14.0 Å². The minimum atomic E-state index is -0.713. The molecule has 170 valence electrons. The molecule has 5 rings (SSSR count). The van der Waals surface area contributed by atoms with Crippen LogP contribution in [0, 0.1) is 13.8 Å². The van der Waals surface area contributed by atoms with Crippen LogP contribution in [0.15, 0.2) is 47.7 Å². The van der Waals surface area contributed by atoms with Crippen LogP contribution in [0.3, 0.4) is 0 Å². The second-order valence-corrected chi connectivity index (χ2v) is 8.79. The summed E-state index contributed by atoms with van der Waals surface area (Å²) in [7, 11) is 1.85. The highest BCUT2D eigenvalue weighted by Gasteiger charge is 2.27. The number of nitrogens with zero attached hydrogens (tertiary/aromatic N) is 5. The number of aliphatic hydroxyl groups is 1. The number of aryl methyl sites for hydroxylation is 2. The van der Waals surface area contributed by atoms with Crippen molar-refractivity contribution in [3.05, 3.63) is 75.5 Å². The Morgan fingerprint density at radius 2 is 1.97 bits per heavy atom. The fourth-order valence-electron chi connectivity index (χ4n) is 4.56. The quantitative estimate of drug-likeness (QED) is 0.519. The Morgan fingerprint density at radius 3 is 2.67 bits per heavy atom. The van der Waals surface area contributed by atoms with E-state index in [1.807, 2.05) is 38.4 Å². The summed E-state index contributed by atoms with van der Waals surface area (Å²) in [4.78, 5) is 18.0. The molecule has 8 heteroatoms. The molecule has 1 saturated heterocycles. The smallest absolute Gasteiger partial charge is 0.261 e. The monoisotopic (exact) mass is 445 g/mol. The molecular weight excluding hydrogens is 418 g/mol. The lowest BCUT2D eigenvalue weighted by Crippen LogP contribution is -2.39. The van der Waals surface area contributed by atoms with Gasteiger partial charge in [-0.15, -0.1) is 5.10 Å². The Balaban J connectivity index is 1.51. The van der Waals surface area contributed by atoms with Crippen molar-refractivity contribution in [1.29, 1.82) is 0 Å². The molecule has 1 aliphatic rings. The molecule has 1 N–H and O–H groups in total. The largest absolute Gasteiger partial charge is 0.389 e. The van der Waals surface area contributed by atoms with Gasteiger partial charge < -0.3 is 9.84 Å². The van der Waals surface area contributed by atoms with Crippen LogP contribution < -0.4 is 5.56 Å². The number of hydrogen-bond acceptors (Lipinski definition) is 6. The molecule has 0 bridgehead atoms. The van der Waals surface area contributed by atoms with E-state index in [0.717, 1.165) is 39.0 Å². The molecule has 33 heavy (non-hydrogen) atoms. The van der Waals surface area contributed by atoms with Crippen LogP contribution in [0.4, 0.5) is 0 Å². The van der Waals surface area contributed by atoms with Crippen molar-refractivity contribution in [2.24, 2.45) is 7.05 Å². The first-order chi connectivity index (χ1) is 15.9. The number of fused-ring (bicyclic) bond motifs is 1. The molecule has 1 fully saturated rings. The first kappa shape index (κ1) is 21.5. The number of aromatic nitrogens is 5. The Hall–Kier alpha value is -3.36. The fourth-order valence-corrected chi connectivity index (χ4v) is 4.56. The summed E-state index contributed by atoms with van der Waals surface area (Å²) >= 11 is 0. The average molecular weight is 446 g/mol. The summed E-state index contributed by atoms with van der Waals surface area (Å²) in [5.41, 5.74) is 6.84. The van der Waals surface area contributed by atoms with E-state index in [1.165, 1.54) is 0 Å². The topological polar surface area (TPSA) is 95.1 Å². The van der Waals surface area contributed by atoms with Crippen molar-refractivity contribution < 1.29 is 9.84 Å². The van der Waals surface area contributed by atoms with Gasteiger partial charge in [-0.2, -0.15) is 0 Å². The third-order valence-electron chi connectivity index (χ3n) is 6.64. The van der Waals surface area contributed by atoms with Gasteiger partial charge in [0.05, 0.1) is 42.2 Å². The molecule has 0 saturated carbocycles. The van der Waals surface area contributed by atoms with E-state index in [-0.39, 0.29) is 18.2 Å². The lowest BCUT2D eigenvalue weighted by Gasteiger charge is -2.29. The zero-order valence-electron chi connectivity index (χ0n) is 19.0. The molecule has 4 aromatic rings. The summed E-state index contributed by atoms with van der Waals surface area (Å²) in [6.07, 6.45) is 4.04. The van der Waals surface area contributed by atoms with Crippen LogP contribution >= 0.6 is 0 Å². The van der Waals surface area contributed by atoms with Crippen molar-refractivity contribution in [3.63, 3.8) is 0 Å². The molecule has 8 nitrogen and oxygen atoms in total. The van der Waals surface area contributed by atoms with E-state index < -0.39 is 6.10 Å². The van der Waals surface area contributed by atoms with E-state index >= 15 is 0 Å². The van der Waals surface area contributed by atoms with Gasteiger partial charge in [-0.1, -0.05) is 29.5 Å². The molecule has 2 atom stereocenters. The van der Waals surface area contributed by atoms with Crippen molar-refractivity contribution >= 4 is 10.9 Å². The second-order valence-electron chi connectivity index (χ2n) is 8.79. The molecule has 1 aliphatic heterocycles. The van der Waals surface area contributed by atoms with Gasteiger partial charge in [0.1, 0.15) is 5.69 Å². The first-order valence-corrected chi connectivity index (χ1v) is 11.1. The minimum absolute atomic E-state index is 0.117. The van der Waals surface area contributed by atoms with Crippen molar-refractivity contribution in [2.75, 3.05) is 13.2 Å². The van der Waals surface area contributed by atoms with E-state index in [4.69, 9.17) is 4.74 Å². The predicted octanol–water partition coefficient (Wildman–Crippen LogP) is 2.72. The summed E-state index contributed by atoms with van der Waals surface area (Å²) in [6.45, 7) is 4.85. The number of ether oxygens (including phenoxy) is 1. The predicted molar refractivity (Wildman–Crippen MR) is 125 cm³/mol. The zero-order chi connectivity index (χ0) is 23.1. The Kier molecular flexibility index (Phi) is 5.55. The van der Waals surface area contributed by atoms with Crippen LogP contribution in [0.5, 0.6) is 0 Å². The summed E-state index contributed by atoms with van der Waals surface area (Å²) < 4.78 is 8.58. The summed E-state index contributed by atoms with van der Waals surface area (Å²) in [5.74, 6) is 0. The molecular formula is C25H27N5O3. The van der Waals surface area contributed by atoms with Gasteiger partial charge in [-0.25, -0.2) is 4.98 Å². The van der Waals surface area contributed by atoms with E-state index in [1.54, 1.807) is 15.6 Å². The molecule has 2 aromatic heterocycles. The van der Waals surface area contributed by atoms with Gasteiger partial charge >= 0.3 is 0 Å². The number of hydrogen-bond donors (Lipinski definition) is 1. The van der Waals surface area contributed by atoms with Crippen LogP contribution in [-0.4, -0.2) is 49.0 Å². The highest BCUT2D eigenvalue weighted by molar-refractivity contribution is 5.83. The Bertz CT molecular complexity index is 1370. The third-order valence-corrected chi connectivity index (χ3v) is 6.64. The van der Waals surface area contributed by atoms with Gasteiger partial charge in [0.15, 0.2) is 0 Å². The molecule has 0 spiro atoms. The Morgan fingerprint density at radius 1 is 1.18 bits per heavy atom. The Labute approximate surface area is 191 Å². The van der Waals surface area contributed by atoms with E-state index in [9.17, 15) is 9.90 Å². The van der Waals surface area contributed by atoms with Crippen molar-refractivity contribution in [1.82, 2.24) is 24.5 Å². The highest BCUT2D eigenvalue weighted by Crippen LogP contribution is 2.26. The van der Waals surface area contributed by atoms with Gasteiger partial charge in [-0.05, 0) is 55.0 Å². The van der Waals surface area contributed by atoms with Crippen molar-refractivity contribution in [3.8, 4) is 11.3 Å². The molecule has 0 aliphatic carbocycles. The van der Waals surface area contributed by atoms with Crippen LogP contribution in [0.2, 0.25) is 0 Å². The molecule has 0 unspecified atom stereocenters. The highest BCUT2D eigenvalue weighted by atomic mass is 16.5. The van der Waals surface area contributed by atoms with Gasteiger partial charge in [0, 0.05) is 19.2 Å². The third kappa shape index (κ3) is 3.96. The lowest BCUT2D eigenvalue weighted by atomic mass is 9.94. The maximum Gasteiger partial charge on any atom is 0.261 e. The summed E-state index contributed by atoms with van der Waals surface area (Å²) in [5, 5.41) is 19.1. The van der Waals surface area contributed by atoms with Crippen LogP contribution in [0.1, 0.15) is 34.7 Å². The molecule has 0 amide bonds. The average Bonchev–Trinajstić information content (AvgIpc) is 3.25. The molecule has 3 heterocycles. The molecule has 0 radical (unpaired) electrons. The summed E-state index contributed by atoms with van der Waals surface area (Å²) in [6, 6.07) is 9.91. The maximum absolute atomic E-state index is 13.4. The van der Waals surface area contributed by atoms with Gasteiger partial charge in [0.25, 0.3) is 5.56 Å². The van der Waals surface area contributed by atoms with E-state index in [0.29, 0.717) is 24.8 Å².